The Labute approximate surface area is 125 Å². The lowest BCUT2D eigenvalue weighted by Gasteiger charge is -1.99. The van der Waals surface area contributed by atoms with Crippen LogP contribution >= 0.6 is 27.5 Å². The maximum atomic E-state index is 12.1. The van der Waals surface area contributed by atoms with Crippen LogP contribution in [0.15, 0.2) is 63.3 Å². The Morgan fingerprint density at radius 1 is 0.947 bits per heavy atom. The van der Waals surface area contributed by atoms with Gasteiger partial charge in [0, 0.05) is 14.9 Å². The minimum atomic E-state index is -3.42. The van der Waals surface area contributed by atoms with Crippen molar-refractivity contribution in [2.24, 2.45) is 0 Å². The molecule has 2 aromatic rings. The summed E-state index contributed by atoms with van der Waals surface area (Å²) < 4.78 is 25.0. The molecule has 0 spiro atoms. The molecule has 2 rings (SSSR count). The molecule has 0 heterocycles. The zero-order valence-corrected chi connectivity index (χ0v) is 12.9. The van der Waals surface area contributed by atoms with Gasteiger partial charge in [0.05, 0.1) is 4.90 Å². The maximum Gasteiger partial charge on any atom is 0.199 e. The molecule has 0 radical (unpaired) electrons. The van der Waals surface area contributed by atoms with Crippen molar-refractivity contribution in [2.45, 2.75) is 4.90 Å². The molecule has 0 N–H and O–H groups in total. The largest absolute Gasteiger partial charge is 0.219 e. The average Bonchev–Trinajstić information content (AvgIpc) is 2.39. The molecule has 98 valence electrons. The summed E-state index contributed by atoms with van der Waals surface area (Å²) in [5.74, 6) is 0. The van der Waals surface area contributed by atoms with E-state index in [0.717, 1.165) is 10.0 Å². The molecule has 0 atom stereocenters. The van der Waals surface area contributed by atoms with Crippen molar-refractivity contribution in [1.82, 2.24) is 0 Å². The number of sulfone groups is 1. The summed E-state index contributed by atoms with van der Waals surface area (Å²) >= 11 is 9.03. The van der Waals surface area contributed by atoms with Crippen molar-refractivity contribution in [2.75, 3.05) is 0 Å². The van der Waals surface area contributed by atoms with Gasteiger partial charge in [0.2, 0.25) is 0 Å². The molecule has 2 nitrogen and oxygen atoms in total. The van der Waals surface area contributed by atoms with Gasteiger partial charge in [-0.05, 0) is 48.0 Å². The van der Waals surface area contributed by atoms with Gasteiger partial charge in [-0.2, -0.15) is 0 Å². The molecule has 0 bridgehead atoms. The highest BCUT2D eigenvalue weighted by Gasteiger charge is 2.09. The SMILES string of the molecule is O=S(=O)(/C=C/c1ccc(Cl)cc1)c1ccc(Br)cc1. The summed E-state index contributed by atoms with van der Waals surface area (Å²) in [5, 5.41) is 1.81. The standard InChI is InChI=1S/C14H10BrClO2S/c15-12-3-7-14(8-4-12)19(17,18)10-9-11-1-5-13(16)6-2-11/h1-10H/b10-9+. The fourth-order valence-corrected chi connectivity index (χ4v) is 2.84. The monoisotopic (exact) mass is 356 g/mol. The van der Waals surface area contributed by atoms with Crippen LogP contribution in [0.1, 0.15) is 5.56 Å². The number of hydrogen-bond donors (Lipinski definition) is 0. The highest BCUT2D eigenvalue weighted by atomic mass is 79.9. The topological polar surface area (TPSA) is 34.1 Å². The van der Waals surface area contributed by atoms with E-state index in [9.17, 15) is 8.42 Å². The molecular formula is C14H10BrClO2S. The minimum absolute atomic E-state index is 0.265. The van der Waals surface area contributed by atoms with Crippen LogP contribution in [0.3, 0.4) is 0 Å². The Morgan fingerprint density at radius 3 is 2.11 bits per heavy atom. The molecule has 0 saturated carbocycles. The van der Waals surface area contributed by atoms with Gasteiger partial charge < -0.3 is 0 Å². The minimum Gasteiger partial charge on any atom is -0.219 e. The number of halogens is 2. The van der Waals surface area contributed by atoms with Crippen molar-refractivity contribution >= 4 is 43.4 Å². The van der Waals surface area contributed by atoms with Crippen LogP contribution in [0, 0.1) is 0 Å². The van der Waals surface area contributed by atoms with E-state index < -0.39 is 9.84 Å². The third-order valence-corrected chi connectivity index (χ3v) is 4.66. The Balaban J connectivity index is 2.26. The second-order valence-corrected chi connectivity index (χ2v) is 7.04. The first-order valence-corrected chi connectivity index (χ1v) is 8.13. The second-order valence-electron chi connectivity index (χ2n) is 3.85. The molecule has 0 aliphatic heterocycles. The first-order chi connectivity index (χ1) is 8.97. The van der Waals surface area contributed by atoms with Crippen LogP contribution in [0.2, 0.25) is 5.02 Å². The van der Waals surface area contributed by atoms with Crippen molar-refractivity contribution in [3.8, 4) is 0 Å². The van der Waals surface area contributed by atoms with E-state index in [0.29, 0.717) is 5.02 Å². The van der Waals surface area contributed by atoms with Gasteiger partial charge in [-0.25, -0.2) is 8.42 Å². The predicted octanol–water partition coefficient (Wildman–Crippen LogP) is 4.55. The average molecular weight is 358 g/mol. The zero-order valence-electron chi connectivity index (χ0n) is 9.75. The summed E-state index contributed by atoms with van der Waals surface area (Å²) in [6.07, 6.45) is 1.55. The van der Waals surface area contributed by atoms with Crippen LogP contribution in [-0.2, 0) is 9.84 Å². The smallest absolute Gasteiger partial charge is 0.199 e. The predicted molar refractivity (Wildman–Crippen MR) is 81.8 cm³/mol. The summed E-state index contributed by atoms with van der Waals surface area (Å²) in [4.78, 5) is 0.265. The van der Waals surface area contributed by atoms with E-state index in [1.54, 1.807) is 54.6 Å². The Bertz CT molecular complexity index is 689. The summed E-state index contributed by atoms with van der Waals surface area (Å²) in [6.45, 7) is 0. The lowest BCUT2D eigenvalue weighted by atomic mass is 10.2. The van der Waals surface area contributed by atoms with Gasteiger partial charge in [-0.1, -0.05) is 39.7 Å². The molecule has 2 aromatic carbocycles. The molecule has 5 heteroatoms. The molecule has 0 unspecified atom stereocenters. The molecule has 0 fully saturated rings. The van der Waals surface area contributed by atoms with Gasteiger partial charge in [0.25, 0.3) is 0 Å². The third-order valence-electron chi connectivity index (χ3n) is 2.45. The second kappa shape index (κ2) is 5.90. The fourth-order valence-electron chi connectivity index (χ4n) is 1.44. The van der Waals surface area contributed by atoms with E-state index in [2.05, 4.69) is 15.9 Å². The van der Waals surface area contributed by atoms with Gasteiger partial charge in [0.1, 0.15) is 0 Å². The highest BCUT2D eigenvalue weighted by Crippen LogP contribution is 2.18. The number of rotatable bonds is 3. The van der Waals surface area contributed by atoms with Gasteiger partial charge in [-0.3, -0.25) is 0 Å². The zero-order chi connectivity index (χ0) is 13.9. The number of hydrogen-bond acceptors (Lipinski definition) is 2. The van der Waals surface area contributed by atoms with E-state index in [4.69, 9.17) is 11.6 Å². The van der Waals surface area contributed by atoms with Crippen molar-refractivity contribution in [3.05, 3.63) is 69.0 Å². The summed E-state index contributed by atoms with van der Waals surface area (Å²) in [5.41, 5.74) is 0.782. The lowest BCUT2D eigenvalue weighted by Crippen LogP contribution is -1.95. The molecule has 0 saturated heterocycles. The van der Waals surface area contributed by atoms with Crippen LogP contribution in [0.5, 0.6) is 0 Å². The van der Waals surface area contributed by atoms with Crippen molar-refractivity contribution in [1.29, 1.82) is 0 Å². The molecule has 0 amide bonds. The Kier molecular flexibility index (Phi) is 4.45. The Morgan fingerprint density at radius 2 is 1.53 bits per heavy atom. The molecule has 19 heavy (non-hydrogen) atoms. The fraction of sp³-hybridized carbons (Fsp3) is 0. The molecular weight excluding hydrogens is 348 g/mol. The first-order valence-electron chi connectivity index (χ1n) is 5.42. The highest BCUT2D eigenvalue weighted by molar-refractivity contribution is 9.10. The maximum absolute atomic E-state index is 12.1. The third kappa shape index (κ3) is 3.93. The van der Waals surface area contributed by atoms with Gasteiger partial charge >= 0.3 is 0 Å². The Hall–Kier alpha value is -1.10. The van der Waals surface area contributed by atoms with E-state index in [-0.39, 0.29) is 4.90 Å². The van der Waals surface area contributed by atoms with E-state index in [1.807, 2.05) is 0 Å². The molecule has 0 aromatic heterocycles. The van der Waals surface area contributed by atoms with Crippen LogP contribution in [0.25, 0.3) is 6.08 Å². The van der Waals surface area contributed by atoms with Crippen molar-refractivity contribution in [3.63, 3.8) is 0 Å². The van der Waals surface area contributed by atoms with E-state index in [1.165, 1.54) is 5.41 Å². The summed E-state index contributed by atoms with van der Waals surface area (Å²) in [6, 6.07) is 13.5. The van der Waals surface area contributed by atoms with Crippen molar-refractivity contribution < 1.29 is 8.42 Å². The first kappa shape index (κ1) is 14.3. The van der Waals surface area contributed by atoms with Crippen LogP contribution in [0.4, 0.5) is 0 Å². The van der Waals surface area contributed by atoms with Gasteiger partial charge in [-0.15, -0.1) is 0 Å². The van der Waals surface area contributed by atoms with Crippen LogP contribution in [-0.4, -0.2) is 8.42 Å². The number of benzene rings is 2. The quantitative estimate of drug-likeness (QED) is 0.807. The van der Waals surface area contributed by atoms with Crippen LogP contribution < -0.4 is 0 Å². The van der Waals surface area contributed by atoms with E-state index >= 15 is 0 Å². The lowest BCUT2D eigenvalue weighted by molar-refractivity contribution is 0.605. The molecule has 0 aliphatic carbocycles. The normalized spacial score (nSPS) is 11.9. The molecule has 0 aliphatic rings. The summed E-state index contributed by atoms with van der Waals surface area (Å²) in [7, 11) is -3.42. The van der Waals surface area contributed by atoms with Gasteiger partial charge in [0.15, 0.2) is 9.84 Å².